The Hall–Kier alpha value is -2.08. The minimum absolute atomic E-state index is 0.0424. The highest BCUT2D eigenvalue weighted by Gasteiger charge is 2.01. The molecule has 0 radical (unpaired) electrons. The SMILES string of the molecule is CC(C)C(C=O)=Cc1ccc(OCC#N)cc1. The van der Waals surface area contributed by atoms with Crippen LogP contribution < -0.4 is 4.74 Å². The minimum Gasteiger partial charge on any atom is -0.479 e. The van der Waals surface area contributed by atoms with Gasteiger partial charge in [0.05, 0.1) is 0 Å². The average Bonchev–Trinajstić information content (AvgIpc) is 2.34. The highest BCUT2D eigenvalue weighted by atomic mass is 16.5. The Bertz CT molecular complexity index is 438. The van der Waals surface area contributed by atoms with E-state index in [-0.39, 0.29) is 12.5 Å². The van der Waals surface area contributed by atoms with Gasteiger partial charge in [-0.2, -0.15) is 5.26 Å². The Morgan fingerprint density at radius 2 is 2.06 bits per heavy atom. The van der Waals surface area contributed by atoms with Gasteiger partial charge in [0.25, 0.3) is 0 Å². The third-order valence-electron chi connectivity index (χ3n) is 2.32. The molecule has 0 amide bonds. The summed E-state index contributed by atoms with van der Waals surface area (Å²) in [5.74, 6) is 0.864. The summed E-state index contributed by atoms with van der Waals surface area (Å²) < 4.78 is 5.14. The summed E-state index contributed by atoms with van der Waals surface area (Å²) in [5, 5.41) is 8.37. The van der Waals surface area contributed by atoms with Crippen LogP contribution in [0.5, 0.6) is 5.75 Å². The van der Waals surface area contributed by atoms with Crippen molar-refractivity contribution in [2.45, 2.75) is 13.8 Å². The van der Waals surface area contributed by atoms with Gasteiger partial charge in [-0.1, -0.05) is 26.0 Å². The quantitative estimate of drug-likeness (QED) is 0.576. The second-order valence-corrected chi connectivity index (χ2v) is 3.93. The van der Waals surface area contributed by atoms with E-state index in [0.717, 1.165) is 17.4 Å². The van der Waals surface area contributed by atoms with Gasteiger partial charge in [-0.25, -0.2) is 0 Å². The Kier molecular flexibility index (Phi) is 4.96. The number of nitrogens with zero attached hydrogens (tertiary/aromatic N) is 1. The summed E-state index contributed by atoms with van der Waals surface area (Å²) in [6.45, 7) is 4.00. The van der Waals surface area contributed by atoms with Gasteiger partial charge in [0.15, 0.2) is 6.61 Å². The maximum absolute atomic E-state index is 10.8. The molecule has 0 aromatic heterocycles. The number of hydrogen-bond donors (Lipinski definition) is 0. The molecule has 0 atom stereocenters. The summed E-state index contributed by atoms with van der Waals surface area (Å²) in [6, 6.07) is 9.19. The number of carbonyl (C=O) groups excluding carboxylic acids is 1. The zero-order valence-electron chi connectivity index (χ0n) is 10.0. The molecule has 0 N–H and O–H groups in total. The fourth-order valence-electron chi connectivity index (χ4n) is 1.31. The Morgan fingerprint density at radius 1 is 1.41 bits per heavy atom. The number of allylic oxidation sites excluding steroid dienone is 1. The maximum atomic E-state index is 10.8. The normalized spacial score (nSPS) is 11.1. The van der Waals surface area contributed by atoms with E-state index in [4.69, 9.17) is 10.00 Å². The first-order valence-electron chi connectivity index (χ1n) is 5.44. The second-order valence-electron chi connectivity index (χ2n) is 3.93. The second kappa shape index (κ2) is 6.49. The van der Waals surface area contributed by atoms with Crippen LogP contribution in [0, 0.1) is 17.2 Å². The van der Waals surface area contributed by atoms with Gasteiger partial charge in [-0.05, 0) is 35.3 Å². The molecule has 0 saturated carbocycles. The molecule has 0 spiro atoms. The van der Waals surface area contributed by atoms with Crippen molar-refractivity contribution < 1.29 is 9.53 Å². The van der Waals surface area contributed by atoms with Crippen LogP contribution in [0.1, 0.15) is 19.4 Å². The van der Waals surface area contributed by atoms with Crippen molar-refractivity contribution in [3.63, 3.8) is 0 Å². The summed E-state index contributed by atoms with van der Waals surface area (Å²) in [6.07, 6.45) is 2.73. The third kappa shape index (κ3) is 4.12. The molecule has 88 valence electrons. The number of hydrogen-bond acceptors (Lipinski definition) is 3. The highest BCUT2D eigenvalue weighted by Crippen LogP contribution is 2.16. The molecule has 0 aliphatic carbocycles. The van der Waals surface area contributed by atoms with E-state index in [1.807, 2.05) is 38.1 Å². The van der Waals surface area contributed by atoms with E-state index in [9.17, 15) is 4.79 Å². The van der Waals surface area contributed by atoms with E-state index in [0.29, 0.717) is 5.75 Å². The highest BCUT2D eigenvalue weighted by molar-refractivity contribution is 5.82. The first kappa shape index (κ1) is 13.0. The van der Waals surface area contributed by atoms with Crippen molar-refractivity contribution in [1.29, 1.82) is 5.26 Å². The van der Waals surface area contributed by atoms with Gasteiger partial charge in [0.2, 0.25) is 0 Å². The van der Waals surface area contributed by atoms with Crippen LogP contribution in [-0.2, 0) is 4.79 Å². The first-order chi connectivity index (χ1) is 8.17. The number of ether oxygens (including phenoxy) is 1. The molecule has 0 aliphatic heterocycles. The van der Waals surface area contributed by atoms with Gasteiger partial charge in [0.1, 0.15) is 18.1 Å². The number of benzene rings is 1. The predicted octanol–water partition coefficient (Wildman–Crippen LogP) is 2.83. The summed E-state index contributed by atoms with van der Waals surface area (Å²) in [7, 11) is 0. The molecule has 0 bridgehead atoms. The van der Waals surface area contributed by atoms with Gasteiger partial charge in [-0.3, -0.25) is 4.79 Å². The number of rotatable bonds is 5. The lowest BCUT2D eigenvalue weighted by Gasteiger charge is -2.05. The fraction of sp³-hybridized carbons (Fsp3) is 0.286. The van der Waals surface area contributed by atoms with Crippen molar-refractivity contribution in [3.8, 4) is 11.8 Å². The predicted molar refractivity (Wildman–Crippen MR) is 66.4 cm³/mol. The first-order valence-corrected chi connectivity index (χ1v) is 5.44. The molecule has 0 aliphatic rings. The van der Waals surface area contributed by atoms with Crippen molar-refractivity contribution in [3.05, 3.63) is 35.4 Å². The zero-order valence-corrected chi connectivity index (χ0v) is 10.0. The molecule has 1 aromatic carbocycles. The molecule has 3 heteroatoms. The lowest BCUT2D eigenvalue weighted by atomic mass is 10.0. The summed E-state index contributed by atoms with van der Waals surface area (Å²) in [4.78, 5) is 10.8. The van der Waals surface area contributed by atoms with Crippen LogP contribution in [-0.4, -0.2) is 12.9 Å². The van der Waals surface area contributed by atoms with Crippen LogP contribution in [0.3, 0.4) is 0 Å². The van der Waals surface area contributed by atoms with Crippen LogP contribution >= 0.6 is 0 Å². The molecule has 17 heavy (non-hydrogen) atoms. The Labute approximate surface area is 101 Å². The van der Waals surface area contributed by atoms with Crippen molar-refractivity contribution in [2.24, 2.45) is 5.92 Å². The topological polar surface area (TPSA) is 50.1 Å². The van der Waals surface area contributed by atoms with Gasteiger partial charge in [-0.15, -0.1) is 0 Å². The van der Waals surface area contributed by atoms with Crippen LogP contribution in [0.25, 0.3) is 6.08 Å². The van der Waals surface area contributed by atoms with Crippen molar-refractivity contribution in [2.75, 3.05) is 6.61 Å². The average molecular weight is 229 g/mol. The summed E-state index contributed by atoms with van der Waals surface area (Å²) in [5.41, 5.74) is 1.71. The van der Waals surface area contributed by atoms with E-state index >= 15 is 0 Å². The summed E-state index contributed by atoms with van der Waals surface area (Å²) >= 11 is 0. The van der Waals surface area contributed by atoms with Crippen molar-refractivity contribution in [1.82, 2.24) is 0 Å². The molecule has 3 nitrogen and oxygen atoms in total. The molecular formula is C14H15NO2. The van der Waals surface area contributed by atoms with Crippen molar-refractivity contribution >= 4 is 12.4 Å². The van der Waals surface area contributed by atoms with Gasteiger partial charge < -0.3 is 4.74 Å². The van der Waals surface area contributed by atoms with E-state index < -0.39 is 0 Å². The smallest absolute Gasteiger partial charge is 0.174 e. The third-order valence-corrected chi connectivity index (χ3v) is 2.32. The number of carbonyl (C=O) groups is 1. The van der Waals surface area contributed by atoms with Gasteiger partial charge in [0, 0.05) is 0 Å². The standard InChI is InChI=1S/C14H15NO2/c1-11(2)13(10-16)9-12-3-5-14(6-4-12)17-8-7-15/h3-6,9-11H,8H2,1-2H3. The molecular weight excluding hydrogens is 214 g/mol. The largest absolute Gasteiger partial charge is 0.479 e. The number of nitriles is 1. The van der Waals surface area contributed by atoms with E-state index in [1.165, 1.54) is 0 Å². The molecule has 1 rings (SSSR count). The molecule has 0 fully saturated rings. The lowest BCUT2D eigenvalue weighted by molar-refractivity contribution is -0.105. The van der Waals surface area contributed by atoms with Crippen LogP contribution in [0.15, 0.2) is 29.8 Å². The monoisotopic (exact) mass is 229 g/mol. The maximum Gasteiger partial charge on any atom is 0.174 e. The number of aldehydes is 1. The minimum atomic E-state index is 0.0424. The molecule has 0 saturated heterocycles. The molecule has 1 aromatic rings. The van der Waals surface area contributed by atoms with Crippen LogP contribution in [0.4, 0.5) is 0 Å². The van der Waals surface area contributed by atoms with Gasteiger partial charge >= 0.3 is 0 Å². The van der Waals surface area contributed by atoms with E-state index in [2.05, 4.69) is 0 Å². The lowest BCUT2D eigenvalue weighted by Crippen LogP contribution is -1.95. The van der Waals surface area contributed by atoms with Crippen LogP contribution in [0.2, 0.25) is 0 Å². The molecule has 0 heterocycles. The Morgan fingerprint density at radius 3 is 2.53 bits per heavy atom. The molecule has 0 unspecified atom stereocenters. The fourth-order valence-corrected chi connectivity index (χ4v) is 1.31. The Balaban J connectivity index is 2.81. The van der Waals surface area contributed by atoms with E-state index in [1.54, 1.807) is 12.1 Å². The zero-order chi connectivity index (χ0) is 12.7.